The van der Waals surface area contributed by atoms with Crippen LogP contribution in [0.15, 0.2) is 16.6 Å². The van der Waals surface area contributed by atoms with E-state index in [1.165, 1.54) is 14.2 Å². The lowest BCUT2D eigenvalue weighted by atomic mass is 9.92. The van der Waals surface area contributed by atoms with E-state index in [-0.39, 0.29) is 17.9 Å². The highest BCUT2D eigenvalue weighted by atomic mass is 79.9. The van der Waals surface area contributed by atoms with Gasteiger partial charge in [0.15, 0.2) is 11.5 Å². The van der Waals surface area contributed by atoms with Crippen molar-refractivity contribution in [3.63, 3.8) is 0 Å². The van der Waals surface area contributed by atoms with Crippen molar-refractivity contribution in [2.24, 2.45) is 0 Å². The molecule has 1 aliphatic rings. The lowest BCUT2D eigenvalue weighted by molar-refractivity contribution is 0.0599. The summed E-state index contributed by atoms with van der Waals surface area (Å²) in [7, 11) is 2.55. The van der Waals surface area contributed by atoms with E-state index in [1.54, 1.807) is 26.0 Å². The van der Waals surface area contributed by atoms with E-state index in [9.17, 15) is 9.59 Å². The van der Waals surface area contributed by atoms with Crippen LogP contribution in [0.4, 0.5) is 0 Å². The number of carbonyl (C=O) groups excluding carboxylic acids is 2. The molecule has 136 valence electrons. The molecule has 2 heterocycles. The third-order valence-corrected chi connectivity index (χ3v) is 4.87. The van der Waals surface area contributed by atoms with Gasteiger partial charge >= 0.3 is 11.9 Å². The van der Waals surface area contributed by atoms with Gasteiger partial charge in [0.2, 0.25) is 6.79 Å². The topological polar surface area (TPSA) is 84.0 Å². The Labute approximate surface area is 158 Å². The quantitative estimate of drug-likeness (QED) is 0.701. The number of ether oxygens (including phenoxy) is 4. The molecule has 1 aromatic carbocycles. The lowest BCUT2D eigenvalue weighted by Crippen LogP contribution is -2.16. The van der Waals surface area contributed by atoms with Crippen LogP contribution in [0.3, 0.4) is 0 Å². The van der Waals surface area contributed by atoms with E-state index in [1.807, 2.05) is 0 Å². The van der Waals surface area contributed by atoms with Crippen LogP contribution in [-0.4, -0.2) is 37.9 Å². The highest BCUT2D eigenvalue weighted by Gasteiger charge is 2.30. The largest absolute Gasteiger partial charge is 0.465 e. The third-order valence-electron chi connectivity index (χ3n) is 4.09. The van der Waals surface area contributed by atoms with Gasteiger partial charge < -0.3 is 18.9 Å². The number of methoxy groups -OCH3 is 2. The minimum atomic E-state index is -0.597. The van der Waals surface area contributed by atoms with E-state index in [0.717, 1.165) is 0 Å². The van der Waals surface area contributed by atoms with Crippen LogP contribution < -0.4 is 9.47 Å². The summed E-state index contributed by atoms with van der Waals surface area (Å²) in [6.45, 7) is 3.47. The van der Waals surface area contributed by atoms with Crippen LogP contribution in [0.5, 0.6) is 11.5 Å². The SMILES string of the molecule is COC(=O)c1c(C)nc(C)c(C(=O)OC)c1-c1ccc2c(c1Br)OCO2. The number of fused-ring (bicyclic) bond motifs is 1. The fourth-order valence-corrected chi connectivity index (χ4v) is 3.59. The molecule has 0 saturated carbocycles. The summed E-state index contributed by atoms with van der Waals surface area (Å²) in [5.41, 5.74) is 2.22. The summed E-state index contributed by atoms with van der Waals surface area (Å²) in [5, 5.41) is 0. The number of hydrogen-bond acceptors (Lipinski definition) is 7. The summed E-state index contributed by atoms with van der Waals surface area (Å²) in [5.74, 6) is -0.122. The van der Waals surface area contributed by atoms with Gasteiger partial charge in [-0.3, -0.25) is 4.98 Å². The summed E-state index contributed by atoms with van der Waals surface area (Å²) in [4.78, 5) is 29.3. The second kappa shape index (κ2) is 6.95. The molecule has 7 nitrogen and oxygen atoms in total. The fourth-order valence-electron chi connectivity index (χ4n) is 2.95. The van der Waals surface area contributed by atoms with Crippen molar-refractivity contribution in [1.29, 1.82) is 0 Å². The zero-order chi connectivity index (χ0) is 19.0. The van der Waals surface area contributed by atoms with Crippen molar-refractivity contribution in [3.8, 4) is 22.6 Å². The smallest absolute Gasteiger partial charge is 0.340 e. The Balaban J connectivity index is 2.42. The molecule has 0 atom stereocenters. The number of carbonyl (C=O) groups is 2. The monoisotopic (exact) mass is 421 g/mol. The highest BCUT2D eigenvalue weighted by Crippen LogP contribution is 2.46. The van der Waals surface area contributed by atoms with Crippen molar-refractivity contribution in [3.05, 3.63) is 39.1 Å². The molecule has 0 bridgehead atoms. The number of aromatic nitrogens is 1. The van der Waals surface area contributed by atoms with Crippen molar-refractivity contribution in [1.82, 2.24) is 4.98 Å². The zero-order valence-electron chi connectivity index (χ0n) is 14.6. The van der Waals surface area contributed by atoms with Gasteiger partial charge in [0.1, 0.15) is 0 Å². The highest BCUT2D eigenvalue weighted by molar-refractivity contribution is 9.10. The Morgan fingerprint density at radius 2 is 1.62 bits per heavy atom. The summed E-state index contributed by atoms with van der Waals surface area (Å²) < 4.78 is 21.3. The zero-order valence-corrected chi connectivity index (χ0v) is 16.2. The molecular weight excluding hydrogens is 406 g/mol. The average Bonchev–Trinajstić information content (AvgIpc) is 3.10. The lowest BCUT2D eigenvalue weighted by Gasteiger charge is -2.18. The van der Waals surface area contributed by atoms with E-state index in [0.29, 0.717) is 38.5 Å². The van der Waals surface area contributed by atoms with Gasteiger partial charge in [-0.1, -0.05) is 0 Å². The Morgan fingerprint density at radius 3 is 2.15 bits per heavy atom. The standard InChI is InChI=1S/C18H16BrNO6/c1-8-12(17(21)23-3)14(13(9(2)20-8)18(22)24-4)10-5-6-11-16(15(10)19)26-7-25-11/h5-6H,7H2,1-4H3. The predicted octanol–water partition coefficient (Wildman–Crippen LogP) is 3.43. The van der Waals surface area contributed by atoms with Gasteiger partial charge in [-0.15, -0.1) is 0 Å². The van der Waals surface area contributed by atoms with E-state index >= 15 is 0 Å². The van der Waals surface area contributed by atoms with Crippen LogP contribution in [0.25, 0.3) is 11.1 Å². The first-order valence-electron chi connectivity index (χ1n) is 7.67. The first-order chi connectivity index (χ1) is 12.4. The van der Waals surface area contributed by atoms with E-state index < -0.39 is 11.9 Å². The number of halogens is 1. The van der Waals surface area contributed by atoms with Gasteiger partial charge in [0.25, 0.3) is 0 Å². The minimum absolute atomic E-state index is 0.0967. The molecule has 0 unspecified atom stereocenters. The van der Waals surface area contributed by atoms with Gasteiger partial charge in [-0.05, 0) is 41.9 Å². The molecule has 26 heavy (non-hydrogen) atoms. The van der Waals surface area contributed by atoms with Crippen LogP contribution in [0, 0.1) is 13.8 Å². The van der Waals surface area contributed by atoms with Crippen molar-refractivity contribution < 1.29 is 28.5 Å². The van der Waals surface area contributed by atoms with Crippen molar-refractivity contribution in [2.45, 2.75) is 13.8 Å². The number of benzene rings is 1. The third kappa shape index (κ3) is 2.80. The fraction of sp³-hybridized carbons (Fsp3) is 0.278. The van der Waals surface area contributed by atoms with Gasteiger partial charge in [-0.25, -0.2) is 9.59 Å². The maximum absolute atomic E-state index is 12.5. The molecular formula is C18H16BrNO6. The van der Waals surface area contributed by atoms with Crippen LogP contribution in [0.1, 0.15) is 32.1 Å². The Bertz CT molecular complexity index is 884. The van der Waals surface area contributed by atoms with Crippen LogP contribution >= 0.6 is 15.9 Å². The molecule has 0 radical (unpaired) electrons. The molecule has 0 spiro atoms. The molecule has 0 saturated heterocycles. The molecule has 8 heteroatoms. The molecule has 0 aliphatic carbocycles. The minimum Gasteiger partial charge on any atom is -0.465 e. The first kappa shape index (κ1) is 18.2. The number of nitrogens with zero attached hydrogens (tertiary/aromatic N) is 1. The second-order valence-electron chi connectivity index (χ2n) is 5.55. The Morgan fingerprint density at radius 1 is 1.04 bits per heavy atom. The van der Waals surface area contributed by atoms with E-state index in [4.69, 9.17) is 18.9 Å². The molecule has 1 aromatic heterocycles. The van der Waals surface area contributed by atoms with Gasteiger partial charge in [-0.2, -0.15) is 0 Å². The van der Waals surface area contributed by atoms with Crippen LogP contribution in [0.2, 0.25) is 0 Å². The number of hydrogen-bond donors (Lipinski definition) is 0. The second-order valence-corrected chi connectivity index (χ2v) is 6.34. The molecule has 3 rings (SSSR count). The summed E-state index contributed by atoms with van der Waals surface area (Å²) >= 11 is 3.50. The summed E-state index contributed by atoms with van der Waals surface area (Å²) in [6.07, 6.45) is 0. The molecule has 1 aliphatic heterocycles. The predicted molar refractivity (Wildman–Crippen MR) is 95.6 cm³/mol. The van der Waals surface area contributed by atoms with Crippen molar-refractivity contribution in [2.75, 3.05) is 21.0 Å². The van der Waals surface area contributed by atoms with Crippen molar-refractivity contribution >= 4 is 27.9 Å². The number of pyridine rings is 1. The number of esters is 2. The average molecular weight is 422 g/mol. The normalized spacial score (nSPS) is 12.0. The van der Waals surface area contributed by atoms with Gasteiger partial charge in [0, 0.05) is 11.1 Å². The Kier molecular flexibility index (Phi) is 4.86. The Hall–Kier alpha value is -2.61. The number of aryl methyl sites for hydroxylation is 2. The summed E-state index contributed by atoms with van der Waals surface area (Å²) in [6, 6.07) is 3.46. The molecule has 0 N–H and O–H groups in total. The van der Waals surface area contributed by atoms with E-state index in [2.05, 4.69) is 20.9 Å². The molecule has 2 aromatic rings. The maximum Gasteiger partial charge on any atom is 0.340 e. The molecule has 0 fully saturated rings. The maximum atomic E-state index is 12.5. The van der Waals surface area contributed by atoms with Gasteiger partial charge in [0.05, 0.1) is 41.2 Å². The number of rotatable bonds is 3. The first-order valence-corrected chi connectivity index (χ1v) is 8.46. The van der Waals surface area contributed by atoms with Crippen LogP contribution in [-0.2, 0) is 9.47 Å². The molecule has 0 amide bonds.